The zero-order valence-corrected chi connectivity index (χ0v) is 15.6. The lowest BCUT2D eigenvalue weighted by Gasteiger charge is -2.15. The normalized spacial score (nSPS) is 12.7. The van der Waals surface area contributed by atoms with Crippen molar-refractivity contribution >= 4 is 23.2 Å². The maximum Gasteiger partial charge on any atom is 0.136 e. The van der Waals surface area contributed by atoms with E-state index >= 15 is 0 Å². The minimum absolute atomic E-state index is 0.617. The summed E-state index contributed by atoms with van der Waals surface area (Å²) < 4.78 is 11.1. The summed E-state index contributed by atoms with van der Waals surface area (Å²) in [6, 6.07) is 5.59. The van der Waals surface area contributed by atoms with Gasteiger partial charge in [-0.25, -0.2) is 0 Å². The Morgan fingerprint density at radius 3 is 2.36 bits per heavy atom. The van der Waals surface area contributed by atoms with Crippen molar-refractivity contribution in [3.05, 3.63) is 23.8 Å². The van der Waals surface area contributed by atoms with Gasteiger partial charge < -0.3 is 9.47 Å². The number of benzene rings is 1. The Kier molecular flexibility index (Phi) is 9.04. The Bertz CT molecular complexity index is 433. The van der Waals surface area contributed by atoms with E-state index in [1.54, 1.807) is 7.11 Å². The van der Waals surface area contributed by atoms with Crippen LogP contribution in [0.4, 0.5) is 0 Å². The molecule has 4 heteroatoms. The largest absolute Gasteiger partial charge is 0.496 e. The Labute approximate surface area is 145 Å². The standard InChI is InChI=1S/C18H28Cl2O2/c1-13(2)6-5-7-14(3)10-11-22-15-8-9-17(21-4)16(12-15)18(19)20/h8-9,12-14,18H,5-7,10-11H2,1-4H3. The highest BCUT2D eigenvalue weighted by atomic mass is 35.5. The highest BCUT2D eigenvalue weighted by Gasteiger charge is 2.12. The van der Waals surface area contributed by atoms with Crippen LogP contribution < -0.4 is 9.47 Å². The summed E-state index contributed by atoms with van der Waals surface area (Å²) in [4.78, 5) is -0.617. The van der Waals surface area contributed by atoms with E-state index in [9.17, 15) is 0 Å². The molecule has 0 radical (unpaired) electrons. The summed E-state index contributed by atoms with van der Waals surface area (Å²) in [5.41, 5.74) is 0.744. The number of halogens is 2. The van der Waals surface area contributed by atoms with Gasteiger partial charge in [-0.3, -0.25) is 0 Å². The third-order valence-corrected chi connectivity index (χ3v) is 4.26. The van der Waals surface area contributed by atoms with E-state index in [0.29, 0.717) is 18.3 Å². The quantitative estimate of drug-likeness (QED) is 0.456. The molecule has 0 spiro atoms. The second kappa shape index (κ2) is 10.2. The Morgan fingerprint density at radius 2 is 1.77 bits per heavy atom. The summed E-state index contributed by atoms with van der Waals surface area (Å²) in [7, 11) is 1.61. The van der Waals surface area contributed by atoms with Crippen LogP contribution in [0.3, 0.4) is 0 Å². The van der Waals surface area contributed by atoms with Crippen LogP contribution >= 0.6 is 23.2 Å². The maximum atomic E-state index is 5.96. The first-order valence-electron chi connectivity index (χ1n) is 8.03. The fourth-order valence-corrected chi connectivity index (χ4v) is 2.71. The van der Waals surface area contributed by atoms with E-state index in [2.05, 4.69) is 20.8 Å². The van der Waals surface area contributed by atoms with Crippen molar-refractivity contribution in [3.63, 3.8) is 0 Å². The highest BCUT2D eigenvalue weighted by molar-refractivity contribution is 6.44. The van der Waals surface area contributed by atoms with Crippen LogP contribution in [0, 0.1) is 11.8 Å². The number of ether oxygens (including phenoxy) is 2. The van der Waals surface area contributed by atoms with Gasteiger partial charge in [0.05, 0.1) is 13.7 Å². The molecule has 0 aliphatic carbocycles. The molecular formula is C18H28Cl2O2. The van der Waals surface area contributed by atoms with Crippen molar-refractivity contribution in [2.45, 2.75) is 51.3 Å². The van der Waals surface area contributed by atoms with Crippen molar-refractivity contribution in [2.24, 2.45) is 11.8 Å². The van der Waals surface area contributed by atoms with Crippen LogP contribution in [0.1, 0.15) is 56.9 Å². The van der Waals surface area contributed by atoms with Gasteiger partial charge in [0.1, 0.15) is 16.3 Å². The van der Waals surface area contributed by atoms with Crippen molar-refractivity contribution in [1.82, 2.24) is 0 Å². The first-order valence-corrected chi connectivity index (χ1v) is 8.90. The first kappa shape index (κ1) is 19.4. The van der Waals surface area contributed by atoms with Crippen LogP contribution in [-0.4, -0.2) is 13.7 Å². The summed E-state index contributed by atoms with van der Waals surface area (Å²) in [5.74, 6) is 2.95. The molecule has 126 valence electrons. The third-order valence-electron chi connectivity index (χ3n) is 3.79. The second-order valence-electron chi connectivity index (χ2n) is 6.27. The molecule has 0 aliphatic rings. The van der Waals surface area contributed by atoms with Gasteiger partial charge >= 0.3 is 0 Å². The number of methoxy groups -OCH3 is 1. The maximum absolute atomic E-state index is 5.96. The van der Waals surface area contributed by atoms with Gasteiger partial charge in [0.15, 0.2) is 0 Å². The van der Waals surface area contributed by atoms with Gasteiger partial charge in [0, 0.05) is 5.56 Å². The molecule has 0 bridgehead atoms. The second-order valence-corrected chi connectivity index (χ2v) is 7.37. The zero-order chi connectivity index (χ0) is 16.5. The monoisotopic (exact) mass is 346 g/mol. The molecule has 1 rings (SSSR count). The summed E-state index contributed by atoms with van der Waals surface area (Å²) in [5, 5.41) is 0. The van der Waals surface area contributed by atoms with E-state index in [-0.39, 0.29) is 0 Å². The fraction of sp³-hybridized carbons (Fsp3) is 0.667. The van der Waals surface area contributed by atoms with E-state index in [1.165, 1.54) is 19.3 Å². The molecule has 1 atom stereocenters. The molecule has 1 aromatic carbocycles. The molecule has 0 amide bonds. The van der Waals surface area contributed by atoms with Gasteiger partial charge in [-0.15, -0.1) is 0 Å². The third kappa shape index (κ3) is 7.11. The van der Waals surface area contributed by atoms with Crippen LogP contribution in [0.5, 0.6) is 11.5 Å². The van der Waals surface area contributed by atoms with Gasteiger partial charge in [-0.1, -0.05) is 63.2 Å². The number of rotatable bonds is 10. The lowest BCUT2D eigenvalue weighted by Crippen LogP contribution is -2.05. The van der Waals surface area contributed by atoms with Crippen LogP contribution in [0.15, 0.2) is 18.2 Å². The predicted molar refractivity (Wildman–Crippen MR) is 95.4 cm³/mol. The molecule has 0 fully saturated rings. The molecule has 0 aliphatic heterocycles. The van der Waals surface area contributed by atoms with Crippen molar-refractivity contribution in [2.75, 3.05) is 13.7 Å². The summed E-state index contributed by atoms with van der Waals surface area (Å²) >= 11 is 11.9. The van der Waals surface area contributed by atoms with Gasteiger partial charge in [0.2, 0.25) is 0 Å². The summed E-state index contributed by atoms with van der Waals surface area (Å²) in [6.45, 7) is 7.55. The van der Waals surface area contributed by atoms with Crippen LogP contribution in [-0.2, 0) is 0 Å². The average molecular weight is 347 g/mol. The van der Waals surface area contributed by atoms with Crippen LogP contribution in [0.2, 0.25) is 0 Å². The molecule has 0 heterocycles. The minimum atomic E-state index is -0.617. The molecule has 0 aromatic heterocycles. The van der Waals surface area contributed by atoms with E-state index in [4.69, 9.17) is 32.7 Å². The zero-order valence-electron chi connectivity index (χ0n) is 14.1. The number of alkyl halides is 2. The van der Waals surface area contributed by atoms with Gasteiger partial charge in [-0.05, 0) is 36.5 Å². The first-order chi connectivity index (χ1) is 10.4. The molecule has 0 N–H and O–H groups in total. The Hall–Kier alpha value is -0.600. The van der Waals surface area contributed by atoms with Gasteiger partial charge in [-0.2, -0.15) is 0 Å². The molecule has 22 heavy (non-hydrogen) atoms. The van der Waals surface area contributed by atoms with E-state index in [1.807, 2.05) is 18.2 Å². The topological polar surface area (TPSA) is 18.5 Å². The van der Waals surface area contributed by atoms with E-state index in [0.717, 1.165) is 23.7 Å². The minimum Gasteiger partial charge on any atom is -0.496 e. The lowest BCUT2D eigenvalue weighted by atomic mass is 9.98. The summed E-state index contributed by atoms with van der Waals surface area (Å²) in [6.07, 6.45) is 4.93. The lowest BCUT2D eigenvalue weighted by molar-refractivity contribution is 0.275. The molecule has 2 nitrogen and oxygen atoms in total. The van der Waals surface area contributed by atoms with Crippen molar-refractivity contribution in [1.29, 1.82) is 0 Å². The smallest absolute Gasteiger partial charge is 0.136 e. The number of hydrogen-bond acceptors (Lipinski definition) is 2. The van der Waals surface area contributed by atoms with Gasteiger partial charge in [0.25, 0.3) is 0 Å². The molecule has 1 aromatic rings. The van der Waals surface area contributed by atoms with Crippen molar-refractivity contribution in [3.8, 4) is 11.5 Å². The molecule has 0 saturated heterocycles. The predicted octanol–water partition coefficient (Wildman–Crippen LogP) is 6.40. The SMILES string of the molecule is COc1ccc(OCCC(C)CCCC(C)C)cc1C(Cl)Cl. The van der Waals surface area contributed by atoms with Crippen molar-refractivity contribution < 1.29 is 9.47 Å². The number of hydrogen-bond donors (Lipinski definition) is 0. The molecule has 0 saturated carbocycles. The van der Waals surface area contributed by atoms with Crippen LogP contribution in [0.25, 0.3) is 0 Å². The Balaban J connectivity index is 2.40. The molecular weight excluding hydrogens is 319 g/mol. The molecule has 1 unspecified atom stereocenters. The van der Waals surface area contributed by atoms with E-state index < -0.39 is 4.84 Å². The fourth-order valence-electron chi connectivity index (χ4n) is 2.37. The average Bonchev–Trinajstić information content (AvgIpc) is 2.46. The highest BCUT2D eigenvalue weighted by Crippen LogP contribution is 2.35. The Morgan fingerprint density at radius 1 is 1.05 bits per heavy atom.